The number of aryl methyl sites for hydroxylation is 3. The number of benzene rings is 2. The Morgan fingerprint density at radius 2 is 1.81 bits per heavy atom. The number of halogens is 1. The van der Waals surface area contributed by atoms with Gasteiger partial charge in [-0.15, -0.1) is 0 Å². The number of rotatable bonds is 5. The van der Waals surface area contributed by atoms with Gasteiger partial charge in [0.1, 0.15) is 11.5 Å². The van der Waals surface area contributed by atoms with Crippen molar-refractivity contribution in [3.63, 3.8) is 0 Å². The second-order valence-corrected chi connectivity index (χ2v) is 6.96. The fourth-order valence-electron chi connectivity index (χ4n) is 2.63. The first-order chi connectivity index (χ1) is 12.9. The van der Waals surface area contributed by atoms with Crippen molar-refractivity contribution in [1.82, 2.24) is 5.43 Å². The molecule has 0 radical (unpaired) electrons. The number of furan rings is 1. The van der Waals surface area contributed by atoms with Crippen LogP contribution in [0, 0.1) is 20.8 Å². The lowest BCUT2D eigenvalue weighted by Crippen LogP contribution is -2.19. The van der Waals surface area contributed by atoms with Crippen LogP contribution in [-0.2, 0) is 11.2 Å². The Labute approximate surface area is 163 Å². The molecule has 5 heteroatoms. The zero-order valence-corrected chi connectivity index (χ0v) is 16.3. The van der Waals surface area contributed by atoms with Crippen LogP contribution in [0.3, 0.4) is 0 Å². The number of nitrogens with one attached hydrogen (secondary N) is 1. The van der Waals surface area contributed by atoms with Crippen LogP contribution in [0.5, 0.6) is 0 Å². The first-order valence-corrected chi connectivity index (χ1v) is 9.04. The first-order valence-electron chi connectivity index (χ1n) is 8.67. The summed E-state index contributed by atoms with van der Waals surface area (Å²) < 4.78 is 5.73. The molecule has 3 aromatic rings. The molecule has 138 valence electrons. The first kappa shape index (κ1) is 18.9. The van der Waals surface area contributed by atoms with Gasteiger partial charge in [-0.3, -0.25) is 4.79 Å². The fourth-order valence-corrected chi connectivity index (χ4v) is 2.81. The normalized spacial score (nSPS) is 11.1. The number of hydrogen-bond acceptors (Lipinski definition) is 3. The predicted octanol–water partition coefficient (Wildman–Crippen LogP) is 5.22. The molecule has 0 atom stereocenters. The molecular weight excluding hydrogens is 360 g/mol. The summed E-state index contributed by atoms with van der Waals surface area (Å²) in [5.74, 6) is 1.07. The average molecular weight is 381 g/mol. The van der Waals surface area contributed by atoms with Crippen LogP contribution in [0.1, 0.15) is 28.0 Å². The van der Waals surface area contributed by atoms with Gasteiger partial charge in [-0.05, 0) is 61.2 Å². The van der Waals surface area contributed by atoms with E-state index in [1.54, 1.807) is 6.07 Å². The number of hydrazone groups is 1. The third-order valence-electron chi connectivity index (χ3n) is 4.40. The summed E-state index contributed by atoms with van der Waals surface area (Å²) in [4.78, 5) is 12.0. The molecular formula is C22H21ClN2O2. The number of carbonyl (C=O) groups is 1. The van der Waals surface area contributed by atoms with E-state index < -0.39 is 0 Å². The molecule has 0 saturated carbocycles. The zero-order chi connectivity index (χ0) is 19.4. The van der Waals surface area contributed by atoms with Crippen LogP contribution >= 0.6 is 11.6 Å². The highest BCUT2D eigenvalue weighted by Crippen LogP contribution is 2.26. The Kier molecular flexibility index (Phi) is 5.77. The van der Waals surface area contributed by atoms with Crippen LogP contribution in [0.25, 0.3) is 11.3 Å². The Morgan fingerprint density at radius 3 is 2.56 bits per heavy atom. The molecule has 0 aliphatic carbocycles. The van der Waals surface area contributed by atoms with Gasteiger partial charge in [0, 0.05) is 10.6 Å². The Morgan fingerprint density at radius 1 is 1.04 bits per heavy atom. The summed E-state index contributed by atoms with van der Waals surface area (Å²) in [5, 5.41) is 4.66. The second kappa shape index (κ2) is 8.23. The molecule has 0 spiro atoms. The lowest BCUT2D eigenvalue weighted by molar-refractivity contribution is -0.120. The van der Waals surface area contributed by atoms with Gasteiger partial charge in [-0.1, -0.05) is 41.9 Å². The Hall–Kier alpha value is -2.85. The van der Waals surface area contributed by atoms with E-state index in [0.717, 1.165) is 16.7 Å². The predicted molar refractivity (Wildman–Crippen MR) is 109 cm³/mol. The third kappa shape index (κ3) is 4.86. The van der Waals surface area contributed by atoms with Crippen molar-refractivity contribution < 1.29 is 9.21 Å². The van der Waals surface area contributed by atoms with Gasteiger partial charge in [-0.2, -0.15) is 5.10 Å². The van der Waals surface area contributed by atoms with E-state index in [2.05, 4.69) is 10.5 Å². The molecule has 0 bridgehead atoms. The zero-order valence-electron chi connectivity index (χ0n) is 15.5. The number of carbonyl (C=O) groups excluding carboxylic acids is 1. The number of nitrogens with zero attached hydrogens (tertiary/aromatic N) is 1. The van der Waals surface area contributed by atoms with E-state index >= 15 is 0 Å². The van der Waals surface area contributed by atoms with E-state index in [-0.39, 0.29) is 12.3 Å². The fraction of sp³-hybridized carbons (Fsp3) is 0.182. The molecule has 0 saturated heterocycles. The second-order valence-electron chi connectivity index (χ2n) is 6.55. The van der Waals surface area contributed by atoms with Crippen LogP contribution in [0.2, 0.25) is 5.02 Å². The summed E-state index contributed by atoms with van der Waals surface area (Å²) in [5.41, 5.74) is 7.77. The van der Waals surface area contributed by atoms with E-state index in [1.165, 1.54) is 17.3 Å². The minimum Gasteiger partial charge on any atom is -0.455 e. The SMILES string of the molecule is Cc1ccc(CC(=O)NN=Cc2ccc(-c3ccc(C)c(Cl)c3)o2)cc1C. The third-order valence-corrected chi connectivity index (χ3v) is 4.81. The molecule has 2 aromatic carbocycles. The summed E-state index contributed by atoms with van der Waals surface area (Å²) in [6, 6.07) is 15.4. The van der Waals surface area contributed by atoms with E-state index in [0.29, 0.717) is 16.5 Å². The van der Waals surface area contributed by atoms with E-state index in [9.17, 15) is 4.79 Å². The largest absolute Gasteiger partial charge is 0.455 e. The average Bonchev–Trinajstić information content (AvgIpc) is 3.09. The van der Waals surface area contributed by atoms with Crippen molar-refractivity contribution >= 4 is 23.7 Å². The molecule has 1 aromatic heterocycles. The number of amides is 1. The van der Waals surface area contributed by atoms with Gasteiger partial charge >= 0.3 is 0 Å². The Balaban J connectivity index is 1.59. The van der Waals surface area contributed by atoms with Crippen LogP contribution in [0.4, 0.5) is 0 Å². The minimum absolute atomic E-state index is 0.174. The Bertz CT molecular complexity index is 1010. The molecule has 1 heterocycles. The lowest BCUT2D eigenvalue weighted by Gasteiger charge is -2.04. The molecule has 0 aliphatic rings. The van der Waals surface area contributed by atoms with Crippen LogP contribution < -0.4 is 5.43 Å². The van der Waals surface area contributed by atoms with Gasteiger partial charge in [0.2, 0.25) is 5.91 Å². The maximum absolute atomic E-state index is 12.0. The van der Waals surface area contributed by atoms with Gasteiger partial charge < -0.3 is 4.42 Å². The van der Waals surface area contributed by atoms with Crippen LogP contribution in [-0.4, -0.2) is 12.1 Å². The quantitative estimate of drug-likeness (QED) is 0.487. The summed E-state index contributed by atoms with van der Waals surface area (Å²) in [6.45, 7) is 6.03. The molecule has 0 fully saturated rings. The van der Waals surface area contributed by atoms with Gasteiger partial charge in [0.15, 0.2) is 0 Å². The van der Waals surface area contributed by atoms with Crippen molar-refractivity contribution in [2.45, 2.75) is 27.2 Å². The molecule has 0 unspecified atom stereocenters. The molecule has 1 N–H and O–H groups in total. The number of hydrogen-bond donors (Lipinski definition) is 1. The molecule has 1 amide bonds. The topological polar surface area (TPSA) is 54.6 Å². The lowest BCUT2D eigenvalue weighted by atomic mass is 10.0. The maximum Gasteiger partial charge on any atom is 0.244 e. The highest BCUT2D eigenvalue weighted by molar-refractivity contribution is 6.31. The van der Waals surface area contributed by atoms with Gasteiger partial charge in [0.25, 0.3) is 0 Å². The summed E-state index contributed by atoms with van der Waals surface area (Å²) >= 11 is 6.16. The van der Waals surface area contributed by atoms with Crippen molar-refractivity contribution in [3.8, 4) is 11.3 Å². The molecule has 0 aliphatic heterocycles. The monoisotopic (exact) mass is 380 g/mol. The van der Waals surface area contributed by atoms with Crippen molar-refractivity contribution in [2.24, 2.45) is 5.10 Å². The van der Waals surface area contributed by atoms with Crippen molar-refractivity contribution in [2.75, 3.05) is 0 Å². The van der Waals surface area contributed by atoms with Gasteiger partial charge in [-0.25, -0.2) is 5.43 Å². The van der Waals surface area contributed by atoms with Crippen molar-refractivity contribution in [1.29, 1.82) is 0 Å². The summed E-state index contributed by atoms with van der Waals surface area (Å²) in [6.07, 6.45) is 1.77. The summed E-state index contributed by atoms with van der Waals surface area (Å²) in [7, 11) is 0. The van der Waals surface area contributed by atoms with Crippen molar-refractivity contribution in [3.05, 3.63) is 81.6 Å². The highest BCUT2D eigenvalue weighted by Gasteiger charge is 2.06. The van der Waals surface area contributed by atoms with Crippen LogP contribution in [0.15, 0.2) is 58.0 Å². The maximum atomic E-state index is 12.0. The standard InChI is InChI=1S/C22H21ClN2O2/c1-14-4-6-17(10-16(14)3)11-22(26)25-24-13-19-8-9-21(27-19)18-7-5-15(2)20(23)12-18/h4-10,12-13H,11H2,1-3H3,(H,25,26). The smallest absolute Gasteiger partial charge is 0.244 e. The van der Waals surface area contributed by atoms with Gasteiger partial charge in [0.05, 0.1) is 12.6 Å². The molecule has 27 heavy (non-hydrogen) atoms. The minimum atomic E-state index is -0.174. The van der Waals surface area contributed by atoms with E-state index in [1.807, 2.05) is 63.2 Å². The molecule has 4 nitrogen and oxygen atoms in total. The highest BCUT2D eigenvalue weighted by atomic mass is 35.5. The van der Waals surface area contributed by atoms with E-state index in [4.69, 9.17) is 16.0 Å². The molecule has 3 rings (SSSR count).